The number of carbonyl (C=O) groups excluding carboxylic acids is 2. The molecule has 1 atom stereocenters. The highest BCUT2D eigenvalue weighted by molar-refractivity contribution is 7.18. The van der Waals surface area contributed by atoms with Crippen molar-refractivity contribution in [3.8, 4) is 10.4 Å². The second kappa shape index (κ2) is 6.28. The zero-order valence-corrected chi connectivity index (χ0v) is 15.9. The number of thiophene rings is 2. The maximum Gasteiger partial charge on any atom is 0.281 e. The second-order valence-electron chi connectivity index (χ2n) is 6.88. The number of hydrogen-bond acceptors (Lipinski definition) is 6. The normalized spacial score (nSPS) is 19.8. The molecule has 1 saturated heterocycles. The molecule has 0 radical (unpaired) electrons. The number of fused-ring (bicyclic) bond motifs is 1. The van der Waals surface area contributed by atoms with Crippen molar-refractivity contribution in [2.45, 2.75) is 25.3 Å². The van der Waals surface area contributed by atoms with Gasteiger partial charge in [0.2, 0.25) is 11.8 Å². The Morgan fingerprint density at radius 2 is 2.11 bits per heavy atom. The Balaban J connectivity index is 1.43. The second-order valence-corrected chi connectivity index (χ2v) is 8.69. The summed E-state index contributed by atoms with van der Waals surface area (Å²) in [5, 5.41) is 4.38. The van der Waals surface area contributed by atoms with Gasteiger partial charge in [0.05, 0.1) is 11.3 Å². The number of nitrogens with one attached hydrogen (secondary N) is 1. The van der Waals surface area contributed by atoms with Crippen LogP contribution in [0.5, 0.6) is 0 Å². The summed E-state index contributed by atoms with van der Waals surface area (Å²) in [7, 11) is 0. The van der Waals surface area contributed by atoms with E-state index in [0.29, 0.717) is 22.8 Å². The van der Waals surface area contributed by atoms with E-state index in [1.807, 2.05) is 22.9 Å². The van der Waals surface area contributed by atoms with Crippen LogP contribution in [-0.2, 0) is 9.59 Å². The van der Waals surface area contributed by atoms with Crippen molar-refractivity contribution >= 4 is 44.7 Å². The standard InChI is InChI=1S/C18H16N4O3S2/c23-14-6-10(7-21(14)11-3-4-11)16(24)20-22-9-19-17-15(18(22)25)12(8-27-17)13-2-1-5-26-13/h1-2,5,8-11H,3-4,6-7H2,(H,20,24). The molecule has 9 heteroatoms. The summed E-state index contributed by atoms with van der Waals surface area (Å²) in [6.07, 6.45) is 3.58. The van der Waals surface area contributed by atoms with Crippen LogP contribution in [0.15, 0.2) is 34.0 Å². The van der Waals surface area contributed by atoms with Crippen molar-refractivity contribution in [1.82, 2.24) is 14.6 Å². The molecule has 138 valence electrons. The number of likely N-dealkylation sites (tertiary alicyclic amines) is 1. The van der Waals surface area contributed by atoms with Crippen LogP contribution in [0.25, 0.3) is 20.7 Å². The Morgan fingerprint density at radius 1 is 1.26 bits per heavy atom. The van der Waals surface area contributed by atoms with Gasteiger partial charge in [-0.2, -0.15) is 0 Å². The van der Waals surface area contributed by atoms with E-state index in [1.165, 1.54) is 17.7 Å². The first kappa shape index (κ1) is 16.6. The maximum atomic E-state index is 12.9. The van der Waals surface area contributed by atoms with Gasteiger partial charge in [-0.1, -0.05) is 6.07 Å². The molecule has 0 spiro atoms. The van der Waals surface area contributed by atoms with Crippen LogP contribution in [0.1, 0.15) is 19.3 Å². The zero-order valence-electron chi connectivity index (χ0n) is 14.3. The van der Waals surface area contributed by atoms with Gasteiger partial charge < -0.3 is 4.90 Å². The van der Waals surface area contributed by atoms with Crippen LogP contribution in [0.2, 0.25) is 0 Å². The minimum atomic E-state index is -0.431. The van der Waals surface area contributed by atoms with Crippen LogP contribution in [-0.4, -0.2) is 39.0 Å². The molecule has 1 saturated carbocycles. The van der Waals surface area contributed by atoms with Gasteiger partial charge >= 0.3 is 0 Å². The van der Waals surface area contributed by atoms with Gasteiger partial charge in [0.15, 0.2) is 0 Å². The summed E-state index contributed by atoms with van der Waals surface area (Å²) in [6.45, 7) is 0.429. The van der Waals surface area contributed by atoms with Crippen molar-refractivity contribution < 1.29 is 9.59 Å². The Morgan fingerprint density at radius 3 is 2.85 bits per heavy atom. The van der Waals surface area contributed by atoms with E-state index in [9.17, 15) is 14.4 Å². The molecule has 1 N–H and O–H groups in total. The van der Waals surface area contributed by atoms with E-state index in [0.717, 1.165) is 28.0 Å². The molecule has 2 aliphatic rings. The molecule has 5 rings (SSSR count). The average molecular weight is 400 g/mol. The highest BCUT2D eigenvalue weighted by Crippen LogP contribution is 2.34. The number of carbonyl (C=O) groups is 2. The van der Waals surface area contributed by atoms with E-state index >= 15 is 0 Å². The molecule has 4 heterocycles. The summed E-state index contributed by atoms with van der Waals surface area (Å²) >= 11 is 2.96. The Hall–Kier alpha value is -2.52. The fourth-order valence-electron chi connectivity index (χ4n) is 3.48. The first-order valence-corrected chi connectivity index (χ1v) is 10.5. The van der Waals surface area contributed by atoms with Crippen molar-refractivity contribution in [1.29, 1.82) is 0 Å². The highest BCUT2D eigenvalue weighted by atomic mass is 32.1. The third-order valence-electron chi connectivity index (χ3n) is 5.03. The van der Waals surface area contributed by atoms with Crippen LogP contribution >= 0.6 is 22.7 Å². The number of rotatable bonds is 4. The third-order valence-corrected chi connectivity index (χ3v) is 6.82. The van der Waals surface area contributed by atoms with Crippen molar-refractivity contribution in [2.75, 3.05) is 12.0 Å². The van der Waals surface area contributed by atoms with Gasteiger partial charge in [0.1, 0.15) is 11.2 Å². The van der Waals surface area contributed by atoms with E-state index in [4.69, 9.17) is 0 Å². The Kier molecular flexibility index (Phi) is 3.87. The minimum absolute atomic E-state index is 0.0244. The van der Waals surface area contributed by atoms with Gasteiger partial charge in [0, 0.05) is 34.8 Å². The predicted octanol–water partition coefficient (Wildman–Crippen LogP) is 2.27. The number of hydrogen-bond donors (Lipinski definition) is 1. The molecule has 0 aromatic carbocycles. The summed E-state index contributed by atoms with van der Waals surface area (Å²) in [4.78, 5) is 45.4. The smallest absolute Gasteiger partial charge is 0.281 e. The molecule has 0 bridgehead atoms. The van der Waals surface area contributed by atoms with Gasteiger partial charge in [-0.3, -0.25) is 19.8 Å². The van der Waals surface area contributed by atoms with Gasteiger partial charge in [-0.15, -0.1) is 22.7 Å². The third kappa shape index (κ3) is 2.87. The molecule has 1 unspecified atom stereocenters. The van der Waals surface area contributed by atoms with Crippen LogP contribution in [0.3, 0.4) is 0 Å². The number of nitrogens with zero attached hydrogens (tertiary/aromatic N) is 3. The fourth-order valence-corrected chi connectivity index (χ4v) is 5.20. The molecular weight excluding hydrogens is 384 g/mol. The van der Waals surface area contributed by atoms with Gasteiger partial charge in [-0.25, -0.2) is 9.66 Å². The first-order chi connectivity index (χ1) is 13.1. The van der Waals surface area contributed by atoms with E-state index in [-0.39, 0.29) is 23.8 Å². The molecule has 1 aliphatic heterocycles. The van der Waals surface area contributed by atoms with Crippen LogP contribution < -0.4 is 11.0 Å². The SMILES string of the molecule is O=C(Nn1cnc2scc(-c3cccs3)c2c1=O)C1CC(=O)N(C2CC2)C1. The lowest BCUT2D eigenvalue weighted by atomic mass is 10.1. The zero-order chi connectivity index (χ0) is 18.5. The predicted molar refractivity (Wildman–Crippen MR) is 104 cm³/mol. The van der Waals surface area contributed by atoms with Crippen molar-refractivity contribution in [3.63, 3.8) is 0 Å². The monoisotopic (exact) mass is 400 g/mol. The molecule has 27 heavy (non-hydrogen) atoms. The molecule has 2 fully saturated rings. The van der Waals surface area contributed by atoms with E-state index in [2.05, 4.69) is 10.4 Å². The molecule has 7 nitrogen and oxygen atoms in total. The summed E-state index contributed by atoms with van der Waals surface area (Å²) in [6, 6.07) is 4.19. The Labute approximate surface area is 162 Å². The quantitative estimate of drug-likeness (QED) is 0.728. The van der Waals surface area contributed by atoms with Crippen molar-refractivity contribution in [2.24, 2.45) is 5.92 Å². The summed E-state index contributed by atoms with van der Waals surface area (Å²) in [5.41, 5.74) is 3.17. The topological polar surface area (TPSA) is 84.3 Å². The molecule has 3 aromatic rings. The molecule has 1 aliphatic carbocycles. The number of aromatic nitrogens is 2. The van der Waals surface area contributed by atoms with Gasteiger partial charge in [-0.05, 0) is 24.3 Å². The largest absolute Gasteiger partial charge is 0.339 e. The lowest BCUT2D eigenvalue weighted by Crippen LogP contribution is -2.37. The molecule has 2 amide bonds. The lowest BCUT2D eigenvalue weighted by Gasteiger charge is -2.15. The van der Waals surface area contributed by atoms with E-state index in [1.54, 1.807) is 16.2 Å². The average Bonchev–Trinajstić information content (AvgIpc) is 3.07. The number of amides is 2. The Bertz CT molecular complexity index is 1100. The highest BCUT2D eigenvalue weighted by Gasteiger charge is 2.41. The minimum Gasteiger partial charge on any atom is -0.339 e. The summed E-state index contributed by atoms with van der Waals surface area (Å²) in [5.74, 6) is -0.723. The van der Waals surface area contributed by atoms with Crippen LogP contribution in [0, 0.1) is 5.92 Å². The first-order valence-electron chi connectivity index (χ1n) is 8.75. The van der Waals surface area contributed by atoms with E-state index < -0.39 is 5.92 Å². The van der Waals surface area contributed by atoms with Crippen LogP contribution in [0.4, 0.5) is 0 Å². The van der Waals surface area contributed by atoms with Gasteiger partial charge in [0.25, 0.3) is 5.56 Å². The molecule has 3 aromatic heterocycles. The fraction of sp³-hybridized carbons (Fsp3) is 0.333. The maximum absolute atomic E-state index is 12.9. The van der Waals surface area contributed by atoms with Crippen molar-refractivity contribution in [3.05, 3.63) is 39.6 Å². The lowest BCUT2D eigenvalue weighted by molar-refractivity contribution is -0.128. The summed E-state index contributed by atoms with van der Waals surface area (Å²) < 4.78 is 1.14. The molecular formula is C18H16N4O3S2.